The topological polar surface area (TPSA) is 163 Å². The summed E-state index contributed by atoms with van der Waals surface area (Å²) in [4.78, 5) is 0. The molecule has 0 bridgehead atoms. The zero-order chi connectivity index (χ0) is 43.9. The Morgan fingerprint density at radius 1 is 0.444 bits per heavy atom. The first kappa shape index (κ1) is 103. The van der Waals surface area contributed by atoms with Crippen LogP contribution in [0.3, 0.4) is 0 Å². The zero-order valence-corrected chi connectivity index (χ0v) is 87.6. The Hall–Kier alpha value is 7.18. The Balaban J connectivity index is -0.0000000418. The SMILES string of the molecule is C1CCC1.C1CCC1.C=C(C)C[Si](C)(C)CCCC.CCCC[Si](C)(C)[O][InH2].CCCC[Si](C)(C)[O][InH2].CCCC[Si](C)(C)[O][SnH].CCCC[Si](C)(C)[O][SnH].O.O.O.O.[InH2].[InH2].[SnH].[SnH]. The molecular weight excluding hydrogens is 1710 g/mol. The molecule has 2 fully saturated rings. The maximum absolute atomic E-state index is 5.59. The van der Waals surface area contributed by atoms with Gasteiger partial charge in [-0.15, -0.1) is 6.58 Å². The van der Waals surface area contributed by atoms with E-state index in [4.69, 9.17) is 10.6 Å². The predicted octanol–water partition coefficient (Wildman–Crippen LogP) is 7.52. The first-order valence-electron chi connectivity index (χ1n) is 23.0. The summed E-state index contributed by atoms with van der Waals surface area (Å²) in [6.07, 6.45) is 25.4. The standard InChI is InChI=1S/C10H22Si.4C6H15OSi.2C4H8.4In.4H2O.4Sn.12H/c1-6-7-8-11(4,5)9-10(2)3;4*1-4-5-6-8(2,3)7;2*1-2-4-3-1;;;;;;;;;;;;;;;;;;;;;;;;/h2,6-9H2,1,3-5H3;4*4-6H2,1-3H3;2*1-4H2;;;;;4*1H2;;;;;;;;;;;;;;;;/q;4*-1;;;;;2*+1;;;;;;;2*+1;;;;;;;;;;;;. The van der Waals surface area contributed by atoms with Gasteiger partial charge in [0.1, 0.15) is 0 Å². The molecule has 0 atom stereocenters. The summed E-state index contributed by atoms with van der Waals surface area (Å²) in [5.74, 6) is 0. The minimum atomic E-state index is -1.14. The molecule has 0 aromatic carbocycles. The molecule has 0 saturated heterocycles. The van der Waals surface area contributed by atoms with E-state index < -0.39 is 41.3 Å². The van der Waals surface area contributed by atoms with Crippen molar-refractivity contribution >= 4 is 236 Å². The summed E-state index contributed by atoms with van der Waals surface area (Å²) in [6.45, 7) is 40.8. The summed E-state index contributed by atoms with van der Waals surface area (Å²) >= 11 is 2.89. The van der Waals surface area contributed by atoms with Crippen LogP contribution >= 0.6 is 0 Å². The van der Waals surface area contributed by atoms with E-state index in [1.165, 1.54) is 157 Å². The molecule has 2 aliphatic carbocycles. The third-order valence-electron chi connectivity index (χ3n) is 10.3. The Bertz CT molecular complexity index is 738. The quantitative estimate of drug-likeness (QED) is 0.0859. The van der Waals surface area contributed by atoms with Crippen molar-refractivity contribution in [3.63, 3.8) is 0 Å². The fraction of sp³-hybridized carbons (Fsp3) is 0.952. The fourth-order valence-corrected chi connectivity index (χ4v) is 18.9. The first-order chi connectivity index (χ1) is 25.5. The first-order valence-corrected chi connectivity index (χ1v) is 46.2. The van der Waals surface area contributed by atoms with Crippen molar-refractivity contribution in [3.05, 3.63) is 12.2 Å². The third-order valence-corrected chi connectivity index (χ3v) is 53.1. The minimum absolute atomic E-state index is 0. The van der Waals surface area contributed by atoms with Gasteiger partial charge in [0.15, 0.2) is 0 Å². The van der Waals surface area contributed by atoms with Crippen LogP contribution in [0.1, 0.15) is 157 Å². The molecule has 382 valence electrons. The second-order valence-electron chi connectivity index (χ2n) is 19.3. The number of rotatable bonds is 21. The van der Waals surface area contributed by atoms with Gasteiger partial charge in [0.25, 0.3) is 0 Å². The van der Waals surface area contributed by atoms with E-state index in [0.29, 0.717) is 49.6 Å². The van der Waals surface area contributed by atoms with Gasteiger partial charge in [-0.2, -0.15) is 0 Å². The Kier molecular flexibility index (Phi) is 113. The van der Waals surface area contributed by atoms with Gasteiger partial charge in [-0.25, -0.2) is 0 Å². The van der Waals surface area contributed by atoms with Gasteiger partial charge in [-0.1, -0.05) is 95.8 Å². The summed E-state index contributed by atoms with van der Waals surface area (Å²) in [7, 11) is -5.38. The second kappa shape index (κ2) is 69.2. The number of hydrogen-bond acceptors (Lipinski definition) is 4. The number of allylic oxidation sites excluding steroid dienone is 1. The molecule has 8 N–H and O–H groups in total. The summed E-state index contributed by atoms with van der Waals surface area (Å²) < 4.78 is 22.2. The average Bonchev–Trinajstić information content (AvgIpc) is 3.06. The van der Waals surface area contributed by atoms with Crippen molar-refractivity contribution in [2.75, 3.05) is 0 Å². The average molecular weight is 1830 g/mol. The molecule has 8 nitrogen and oxygen atoms in total. The molecular formula is C42H118In4O8Si5Sn4. The molecule has 12 radical (unpaired) electrons. The molecule has 0 spiro atoms. The zero-order valence-electron chi connectivity index (χ0n) is 46.6. The van der Waals surface area contributed by atoms with Crippen LogP contribution in [-0.4, -0.2) is 258 Å². The monoisotopic (exact) mass is 1830 g/mol. The van der Waals surface area contributed by atoms with Gasteiger partial charge in [0, 0.05) is 0 Å². The third kappa shape index (κ3) is 95.5. The molecule has 0 unspecified atom stereocenters. The molecule has 0 aliphatic heterocycles. The summed E-state index contributed by atoms with van der Waals surface area (Å²) in [5.41, 5.74) is 1.37. The van der Waals surface area contributed by atoms with Crippen molar-refractivity contribution in [1.82, 2.24) is 0 Å². The van der Waals surface area contributed by atoms with Crippen LogP contribution in [0.25, 0.3) is 0 Å². The number of unbranched alkanes of at least 4 members (excludes halogenated alkanes) is 5. The molecule has 0 heterocycles. The van der Waals surface area contributed by atoms with Crippen molar-refractivity contribution in [2.45, 2.75) is 259 Å². The van der Waals surface area contributed by atoms with E-state index in [-0.39, 0.29) is 121 Å². The van der Waals surface area contributed by atoms with E-state index in [1.807, 2.05) is 0 Å². The van der Waals surface area contributed by atoms with Crippen LogP contribution in [-0.2, 0) is 10.6 Å². The Morgan fingerprint density at radius 3 is 0.778 bits per heavy atom. The Morgan fingerprint density at radius 2 is 0.635 bits per heavy atom. The molecule has 0 aromatic heterocycles. The summed E-state index contributed by atoms with van der Waals surface area (Å²) in [6, 6.07) is 8.17. The fourth-order valence-electron chi connectivity index (χ4n) is 4.79. The van der Waals surface area contributed by atoms with Crippen LogP contribution in [0.15, 0.2) is 12.2 Å². The number of hydrogen-bond donors (Lipinski definition) is 0. The van der Waals surface area contributed by atoms with Crippen molar-refractivity contribution in [2.24, 2.45) is 0 Å². The van der Waals surface area contributed by atoms with Crippen molar-refractivity contribution in [1.29, 1.82) is 0 Å². The van der Waals surface area contributed by atoms with Crippen LogP contribution in [0.5, 0.6) is 0 Å². The van der Waals surface area contributed by atoms with Crippen LogP contribution in [0.4, 0.5) is 0 Å². The maximum atomic E-state index is 5.59. The molecule has 21 heteroatoms. The van der Waals surface area contributed by atoms with E-state index in [9.17, 15) is 0 Å². The van der Waals surface area contributed by atoms with Crippen LogP contribution < -0.4 is 0 Å². The molecule has 63 heavy (non-hydrogen) atoms. The molecule has 0 aromatic rings. The van der Waals surface area contributed by atoms with E-state index in [1.54, 1.807) is 0 Å². The van der Waals surface area contributed by atoms with Crippen molar-refractivity contribution in [3.8, 4) is 0 Å². The van der Waals surface area contributed by atoms with Gasteiger partial charge in [0.2, 0.25) is 0 Å². The van der Waals surface area contributed by atoms with Gasteiger partial charge in [-0.3, -0.25) is 0 Å². The van der Waals surface area contributed by atoms with Gasteiger partial charge >= 0.3 is 394 Å². The van der Waals surface area contributed by atoms with Crippen LogP contribution in [0, 0.1) is 0 Å². The molecule has 0 amide bonds. The summed E-state index contributed by atoms with van der Waals surface area (Å²) in [5, 5.41) is 0. The van der Waals surface area contributed by atoms with Gasteiger partial charge in [-0.05, 0) is 13.0 Å². The van der Waals surface area contributed by atoms with E-state index in [0.717, 1.165) is 45.9 Å². The molecule has 2 saturated carbocycles. The van der Waals surface area contributed by atoms with Crippen molar-refractivity contribution < 1.29 is 32.5 Å². The molecule has 2 rings (SSSR count). The van der Waals surface area contributed by atoms with E-state index >= 15 is 0 Å². The normalized spacial score (nSPS) is 11.9. The molecule has 2 aliphatic rings. The van der Waals surface area contributed by atoms with E-state index in [2.05, 4.69) is 114 Å². The second-order valence-corrected chi connectivity index (χ2v) is 52.9. The predicted molar refractivity (Wildman–Crippen MR) is 324 cm³/mol. The Labute approximate surface area is 531 Å². The van der Waals surface area contributed by atoms with Crippen LogP contribution in [0.2, 0.25) is 102 Å². The van der Waals surface area contributed by atoms with Gasteiger partial charge in [0.05, 0.1) is 8.07 Å². The van der Waals surface area contributed by atoms with Gasteiger partial charge < -0.3 is 21.9 Å².